The lowest BCUT2D eigenvalue weighted by Gasteiger charge is -2.24. The number of pyridine rings is 1. The molecule has 1 aromatic heterocycles. The monoisotopic (exact) mass is 298 g/mol. The zero-order valence-electron chi connectivity index (χ0n) is 10.9. The minimum absolute atomic E-state index is 0.753. The number of hydrogen-bond donors (Lipinski definition) is 0. The van der Waals surface area contributed by atoms with Gasteiger partial charge < -0.3 is 0 Å². The predicted octanol–water partition coefficient (Wildman–Crippen LogP) is 3.71. The largest absolute Gasteiger partial charge is 0.297 e. The molecule has 96 valence electrons. The minimum atomic E-state index is 0.753. The molecule has 0 saturated heterocycles. The second kappa shape index (κ2) is 8.65. The van der Waals surface area contributed by atoms with Crippen molar-refractivity contribution < 1.29 is 0 Å². The highest BCUT2D eigenvalue weighted by atomic mass is 79.9. The predicted molar refractivity (Wildman–Crippen MR) is 77.4 cm³/mol. The standard InChI is InChI=1S/C14H23BrN2/c1-3-7-13(10-15)11-17(4-2)12-14-8-5-6-9-16-14/h5-6,8-9,13H,3-4,7,10-12H2,1-2H3. The summed E-state index contributed by atoms with van der Waals surface area (Å²) in [5.74, 6) is 0.753. The van der Waals surface area contributed by atoms with Crippen LogP contribution in [0.25, 0.3) is 0 Å². The van der Waals surface area contributed by atoms with Gasteiger partial charge in [0, 0.05) is 24.6 Å². The molecule has 1 rings (SSSR count). The van der Waals surface area contributed by atoms with Crippen molar-refractivity contribution in [2.45, 2.75) is 33.2 Å². The number of halogens is 1. The van der Waals surface area contributed by atoms with Crippen LogP contribution in [-0.4, -0.2) is 28.3 Å². The fraction of sp³-hybridized carbons (Fsp3) is 0.643. The van der Waals surface area contributed by atoms with Crippen molar-refractivity contribution >= 4 is 15.9 Å². The van der Waals surface area contributed by atoms with Gasteiger partial charge in [-0.1, -0.05) is 42.3 Å². The van der Waals surface area contributed by atoms with Crippen LogP contribution in [0.4, 0.5) is 0 Å². The van der Waals surface area contributed by atoms with Gasteiger partial charge in [-0.3, -0.25) is 9.88 Å². The molecule has 0 N–H and O–H groups in total. The highest BCUT2D eigenvalue weighted by molar-refractivity contribution is 9.09. The van der Waals surface area contributed by atoms with E-state index in [0.717, 1.165) is 30.9 Å². The first-order valence-corrected chi connectivity index (χ1v) is 7.60. The SMILES string of the molecule is CCCC(CBr)CN(CC)Cc1ccccn1. The Morgan fingerprint density at radius 3 is 2.71 bits per heavy atom. The lowest BCUT2D eigenvalue weighted by molar-refractivity contribution is 0.234. The lowest BCUT2D eigenvalue weighted by atomic mass is 10.1. The quantitative estimate of drug-likeness (QED) is 0.680. The van der Waals surface area contributed by atoms with Crippen LogP contribution in [0.3, 0.4) is 0 Å². The summed E-state index contributed by atoms with van der Waals surface area (Å²) in [5.41, 5.74) is 1.17. The Morgan fingerprint density at radius 2 is 2.18 bits per heavy atom. The zero-order chi connectivity index (χ0) is 12.5. The third-order valence-corrected chi connectivity index (χ3v) is 3.91. The first-order chi connectivity index (χ1) is 8.30. The normalized spacial score (nSPS) is 12.9. The molecule has 0 aliphatic heterocycles. The molecule has 1 heterocycles. The number of alkyl halides is 1. The van der Waals surface area contributed by atoms with E-state index in [-0.39, 0.29) is 0 Å². The maximum Gasteiger partial charge on any atom is 0.0543 e. The van der Waals surface area contributed by atoms with E-state index in [2.05, 4.69) is 51.8 Å². The molecule has 0 aromatic carbocycles. The number of aromatic nitrogens is 1. The van der Waals surface area contributed by atoms with Crippen molar-refractivity contribution in [1.29, 1.82) is 0 Å². The van der Waals surface area contributed by atoms with Crippen molar-refractivity contribution in [2.75, 3.05) is 18.4 Å². The molecule has 1 atom stereocenters. The molecule has 0 amide bonds. The van der Waals surface area contributed by atoms with Crippen LogP contribution in [0.2, 0.25) is 0 Å². The van der Waals surface area contributed by atoms with Crippen molar-refractivity contribution in [3.05, 3.63) is 30.1 Å². The maximum absolute atomic E-state index is 4.39. The van der Waals surface area contributed by atoms with E-state index < -0.39 is 0 Å². The van der Waals surface area contributed by atoms with Crippen LogP contribution in [-0.2, 0) is 6.54 Å². The summed E-state index contributed by atoms with van der Waals surface area (Å²) >= 11 is 3.62. The van der Waals surface area contributed by atoms with Crippen LogP contribution in [0.15, 0.2) is 24.4 Å². The summed E-state index contributed by atoms with van der Waals surface area (Å²) in [6.07, 6.45) is 4.43. The van der Waals surface area contributed by atoms with Gasteiger partial charge in [-0.2, -0.15) is 0 Å². The molecule has 0 spiro atoms. The van der Waals surface area contributed by atoms with Gasteiger partial charge in [-0.25, -0.2) is 0 Å². The highest BCUT2D eigenvalue weighted by Gasteiger charge is 2.12. The molecular weight excluding hydrogens is 276 g/mol. The second-order valence-electron chi connectivity index (χ2n) is 4.46. The van der Waals surface area contributed by atoms with E-state index in [1.54, 1.807) is 0 Å². The molecule has 3 heteroatoms. The first-order valence-electron chi connectivity index (χ1n) is 6.48. The third kappa shape index (κ3) is 5.64. The molecule has 0 aliphatic rings. The number of nitrogens with zero attached hydrogens (tertiary/aromatic N) is 2. The first kappa shape index (κ1) is 14.7. The van der Waals surface area contributed by atoms with E-state index in [4.69, 9.17) is 0 Å². The van der Waals surface area contributed by atoms with Gasteiger partial charge in [0.25, 0.3) is 0 Å². The van der Waals surface area contributed by atoms with E-state index in [1.165, 1.54) is 18.5 Å². The van der Waals surface area contributed by atoms with E-state index in [1.807, 2.05) is 12.3 Å². The molecule has 0 radical (unpaired) electrons. The minimum Gasteiger partial charge on any atom is -0.297 e. The van der Waals surface area contributed by atoms with Gasteiger partial charge in [-0.05, 0) is 31.0 Å². The highest BCUT2D eigenvalue weighted by Crippen LogP contribution is 2.13. The molecule has 0 aliphatic carbocycles. The average molecular weight is 299 g/mol. The molecular formula is C14H23BrN2. The van der Waals surface area contributed by atoms with Crippen molar-refractivity contribution in [3.63, 3.8) is 0 Å². The maximum atomic E-state index is 4.39. The fourth-order valence-electron chi connectivity index (χ4n) is 2.02. The fourth-order valence-corrected chi connectivity index (χ4v) is 2.55. The summed E-state index contributed by atoms with van der Waals surface area (Å²) in [4.78, 5) is 6.87. The smallest absolute Gasteiger partial charge is 0.0543 e. The Morgan fingerprint density at radius 1 is 1.35 bits per heavy atom. The van der Waals surface area contributed by atoms with E-state index >= 15 is 0 Å². The van der Waals surface area contributed by atoms with Gasteiger partial charge in [-0.15, -0.1) is 0 Å². The molecule has 1 unspecified atom stereocenters. The average Bonchev–Trinajstić information content (AvgIpc) is 2.38. The Balaban J connectivity index is 2.48. The lowest BCUT2D eigenvalue weighted by Crippen LogP contribution is -2.30. The van der Waals surface area contributed by atoms with Gasteiger partial charge in [0.2, 0.25) is 0 Å². The Kier molecular flexibility index (Phi) is 7.45. The molecule has 17 heavy (non-hydrogen) atoms. The van der Waals surface area contributed by atoms with Crippen LogP contribution in [0.5, 0.6) is 0 Å². The Labute approximate surface area is 114 Å². The zero-order valence-corrected chi connectivity index (χ0v) is 12.5. The van der Waals surface area contributed by atoms with Gasteiger partial charge in [0.15, 0.2) is 0 Å². The Hall–Kier alpha value is -0.410. The van der Waals surface area contributed by atoms with Gasteiger partial charge >= 0.3 is 0 Å². The summed E-state index contributed by atoms with van der Waals surface area (Å²) in [6, 6.07) is 6.13. The topological polar surface area (TPSA) is 16.1 Å². The number of hydrogen-bond acceptors (Lipinski definition) is 2. The molecule has 0 bridgehead atoms. The third-order valence-electron chi connectivity index (χ3n) is 2.99. The summed E-state index contributed by atoms with van der Waals surface area (Å²) in [6.45, 7) is 7.69. The van der Waals surface area contributed by atoms with Crippen molar-refractivity contribution in [1.82, 2.24) is 9.88 Å². The molecule has 0 fully saturated rings. The number of rotatable bonds is 8. The van der Waals surface area contributed by atoms with Crippen LogP contribution in [0, 0.1) is 5.92 Å². The van der Waals surface area contributed by atoms with Crippen molar-refractivity contribution in [3.8, 4) is 0 Å². The van der Waals surface area contributed by atoms with Crippen LogP contribution >= 0.6 is 15.9 Å². The Bertz CT molecular complexity index is 290. The summed E-state index contributed by atoms with van der Waals surface area (Å²) < 4.78 is 0. The van der Waals surface area contributed by atoms with E-state index in [9.17, 15) is 0 Å². The molecule has 0 saturated carbocycles. The second-order valence-corrected chi connectivity index (χ2v) is 5.11. The molecule has 1 aromatic rings. The summed E-state index contributed by atoms with van der Waals surface area (Å²) in [7, 11) is 0. The summed E-state index contributed by atoms with van der Waals surface area (Å²) in [5, 5.41) is 1.10. The molecule has 2 nitrogen and oxygen atoms in total. The van der Waals surface area contributed by atoms with E-state index in [0.29, 0.717) is 0 Å². The van der Waals surface area contributed by atoms with Gasteiger partial charge in [0.05, 0.1) is 5.69 Å². The van der Waals surface area contributed by atoms with Crippen LogP contribution in [0.1, 0.15) is 32.4 Å². The van der Waals surface area contributed by atoms with Crippen molar-refractivity contribution in [2.24, 2.45) is 5.92 Å². The van der Waals surface area contributed by atoms with Gasteiger partial charge in [0.1, 0.15) is 0 Å². The van der Waals surface area contributed by atoms with Crippen LogP contribution < -0.4 is 0 Å².